The highest BCUT2D eigenvalue weighted by atomic mass is 32.2. The van der Waals surface area contributed by atoms with Crippen molar-refractivity contribution in [2.75, 3.05) is 31.1 Å². The largest absolute Gasteiger partial charge is 0.478 e. The van der Waals surface area contributed by atoms with E-state index in [-0.39, 0.29) is 10.5 Å². The summed E-state index contributed by atoms with van der Waals surface area (Å²) in [7, 11) is -3.98. The number of hydrogen-bond donors (Lipinski definition) is 3. The third-order valence-electron chi connectivity index (χ3n) is 5.00. The lowest BCUT2D eigenvalue weighted by atomic mass is 10.1. The Labute approximate surface area is 175 Å². The van der Waals surface area contributed by atoms with Crippen molar-refractivity contribution in [2.45, 2.75) is 70.6 Å². The molecule has 0 saturated carbocycles. The van der Waals surface area contributed by atoms with Crippen molar-refractivity contribution in [1.29, 1.82) is 0 Å². The number of aromatic carboxylic acids is 1. The van der Waals surface area contributed by atoms with Gasteiger partial charge in [0.1, 0.15) is 0 Å². The minimum Gasteiger partial charge on any atom is -0.478 e. The number of anilines is 1. The molecule has 1 aliphatic heterocycles. The summed E-state index contributed by atoms with van der Waals surface area (Å²) in [5.74, 6) is -1.16. The zero-order valence-corrected chi connectivity index (χ0v) is 18.9. The van der Waals surface area contributed by atoms with Crippen molar-refractivity contribution in [3.63, 3.8) is 0 Å². The lowest BCUT2D eigenvalue weighted by molar-refractivity contribution is 0.0696. The molecular formula is C21H37N3O4S. The molecule has 1 aliphatic rings. The molecule has 4 N–H and O–H groups in total. The topological polar surface area (TPSA) is 113 Å². The Bertz CT molecular complexity index is 727. The summed E-state index contributed by atoms with van der Waals surface area (Å²) < 4.78 is 23.6. The molecule has 8 heteroatoms. The van der Waals surface area contributed by atoms with Gasteiger partial charge < -0.3 is 15.3 Å². The first-order valence-corrected chi connectivity index (χ1v) is 12.1. The average Bonchev–Trinajstić information content (AvgIpc) is 2.69. The first-order valence-electron chi connectivity index (χ1n) is 10.6. The fraction of sp³-hybridized carbons (Fsp3) is 0.667. The number of carboxylic acids is 1. The Hall–Kier alpha value is -1.64. The van der Waals surface area contributed by atoms with Crippen LogP contribution < -0.4 is 15.4 Å². The summed E-state index contributed by atoms with van der Waals surface area (Å²) in [5, 5.41) is 17.8. The first kappa shape index (κ1) is 25.4. The maximum atomic E-state index is 11.8. The van der Waals surface area contributed by atoms with Crippen LogP contribution in [-0.4, -0.2) is 45.7 Å². The molecule has 29 heavy (non-hydrogen) atoms. The van der Waals surface area contributed by atoms with Gasteiger partial charge >= 0.3 is 5.97 Å². The van der Waals surface area contributed by atoms with Crippen LogP contribution in [0.3, 0.4) is 0 Å². The van der Waals surface area contributed by atoms with E-state index >= 15 is 0 Å². The summed E-state index contributed by atoms with van der Waals surface area (Å²) >= 11 is 0. The number of primary sulfonamides is 1. The summed E-state index contributed by atoms with van der Waals surface area (Å²) in [5.41, 5.74) is 1.08. The van der Waals surface area contributed by atoms with Gasteiger partial charge in [-0.15, -0.1) is 0 Å². The number of nitrogens with one attached hydrogen (secondary N) is 1. The maximum Gasteiger partial charge on any atom is 0.335 e. The second-order valence-electron chi connectivity index (χ2n) is 7.47. The molecule has 7 nitrogen and oxygen atoms in total. The lowest BCUT2D eigenvalue weighted by Crippen LogP contribution is -2.28. The van der Waals surface area contributed by atoms with Crippen molar-refractivity contribution in [2.24, 2.45) is 5.14 Å². The molecule has 1 heterocycles. The van der Waals surface area contributed by atoms with Gasteiger partial charge in [0.05, 0.1) is 10.5 Å². The van der Waals surface area contributed by atoms with Crippen LogP contribution in [0.2, 0.25) is 0 Å². The van der Waals surface area contributed by atoms with Crippen LogP contribution in [0, 0.1) is 6.92 Å². The third-order valence-corrected chi connectivity index (χ3v) is 6.03. The molecule has 0 radical (unpaired) electrons. The molecule has 166 valence electrons. The van der Waals surface area contributed by atoms with Gasteiger partial charge in [-0.2, -0.15) is 0 Å². The molecular weight excluding hydrogens is 390 g/mol. The highest BCUT2D eigenvalue weighted by Gasteiger charge is 2.21. The minimum atomic E-state index is -3.98. The molecule has 0 unspecified atom stereocenters. The van der Waals surface area contributed by atoms with Crippen LogP contribution in [0.25, 0.3) is 0 Å². The van der Waals surface area contributed by atoms with Gasteiger partial charge in [0.15, 0.2) is 0 Å². The normalized spacial score (nSPS) is 14.1. The van der Waals surface area contributed by atoms with Crippen LogP contribution in [-0.2, 0) is 10.0 Å². The highest BCUT2D eigenvalue weighted by molar-refractivity contribution is 7.89. The van der Waals surface area contributed by atoms with E-state index in [1.54, 1.807) is 6.92 Å². The SMILES string of the molecule is C1CCNCC1.CCCCN(CCCC)c1cc(C(=O)O)cc(S(N)(=O)=O)c1C. The quantitative estimate of drug-likeness (QED) is 0.556. The maximum absolute atomic E-state index is 11.8. The summed E-state index contributed by atoms with van der Waals surface area (Å²) in [6, 6.07) is 2.67. The molecule has 0 aromatic heterocycles. The predicted molar refractivity (Wildman–Crippen MR) is 118 cm³/mol. The fourth-order valence-electron chi connectivity index (χ4n) is 3.27. The van der Waals surface area contributed by atoms with Gasteiger partial charge in [-0.3, -0.25) is 0 Å². The number of nitrogens with two attached hydrogens (primary N) is 1. The number of carboxylic acid groups (broad SMARTS) is 1. The van der Waals surface area contributed by atoms with Crippen LogP contribution in [0.5, 0.6) is 0 Å². The molecule has 0 spiro atoms. The van der Waals surface area contributed by atoms with E-state index < -0.39 is 16.0 Å². The Morgan fingerprint density at radius 2 is 1.66 bits per heavy atom. The van der Waals surface area contributed by atoms with Crippen molar-refractivity contribution in [1.82, 2.24) is 5.32 Å². The van der Waals surface area contributed by atoms with E-state index in [4.69, 9.17) is 5.14 Å². The van der Waals surface area contributed by atoms with Crippen LogP contribution in [0.1, 0.15) is 74.7 Å². The van der Waals surface area contributed by atoms with E-state index in [1.165, 1.54) is 38.4 Å². The van der Waals surface area contributed by atoms with Crippen molar-refractivity contribution >= 4 is 21.7 Å². The van der Waals surface area contributed by atoms with Crippen LogP contribution in [0.15, 0.2) is 17.0 Å². The Balaban J connectivity index is 0.000000594. The highest BCUT2D eigenvalue weighted by Crippen LogP contribution is 2.29. The monoisotopic (exact) mass is 427 g/mol. The number of unbranched alkanes of at least 4 members (excludes halogenated alkanes) is 2. The number of sulfonamides is 1. The van der Waals surface area contributed by atoms with Crippen molar-refractivity contribution < 1.29 is 18.3 Å². The number of rotatable bonds is 9. The van der Waals surface area contributed by atoms with Gasteiger partial charge in [0.25, 0.3) is 0 Å². The molecule has 1 aromatic carbocycles. The molecule has 0 bridgehead atoms. The van der Waals surface area contributed by atoms with Gasteiger partial charge in [0.2, 0.25) is 10.0 Å². The molecule has 1 fully saturated rings. The smallest absolute Gasteiger partial charge is 0.335 e. The third kappa shape index (κ3) is 8.72. The predicted octanol–water partition coefficient (Wildman–Crippen LogP) is 3.51. The van der Waals surface area contributed by atoms with E-state index in [2.05, 4.69) is 24.1 Å². The molecule has 1 saturated heterocycles. The second-order valence-corrected chi connectivity index (χ2v) is 9.00. The number of benzene rings is 1. The summed E-state index contributed by atoms with van der Waals surface area (Å²) in [6.07, 6.45) is 8.12. The number of piperidine rings is 1. The Morgan fingerprint density at radius 1 is 1.10 bits per heavy atom. The Kier molecular flexibility index (Phi) is 11.2. The fourth-order valence-corrected chi connectivity index (χ4v) is 4.10. The van der Waals surface area contributed by atoms with E-state index in [0.29, 0.717) is 11.3 Å². The zero-order valence-electron chi connectivity index (χ0n) is 18.0. The molecule has 1 aromatic rings. The number of nitrogens with zero attached hydrogens (tertiary/aromatic N) is 1. The standard InChI is InChI=1S/C16H26N2O4S.C5H11N/c1-4-6-8-18(9-7-5-2)14-10-13(16(19)20)11-15(12(14)3)23(17,21)22;1-2-4-6-5-3-1/h10-11H,4-9H2,1-3H3,(H,19,20)(H2,17,21,22);6H,1-5H2. The molecule has 2 rings (SSSR count). The zero-order chi connectivity index (χ0) is 21.9. The molecule has 0 amide bonds. The van der Waals surface area contributed by atoms with E-state index in [9.17, 15) is 18.3 Å². The van der Waals surface area contributed by atoms with Crippen molar-refractivity contribution in [3.8, 4) is 0 Å². The first-order chi connectivity index (χ1) is 13.7. The van der Waals surface area contributed by atoms with E-state index in [1.807, 2.05) is 0 Å². The second kappa shape index (κ2) is 12.8. The number of hydrogen-bond acceptors (Lipinski definition) is 5. The molecule has 0 atom stereocenters. The van der Waals surface area contributed by atoms with Gasteiger partial charge in [-0.05, 0) is 63.4 Å². The summed E-state index contributed by atoms with van der Waals surface area (Å²) in [6.45, 7) is 9.84. The summed E-state index contributed by atoms with van der Waals surface area (Å²) in [4.78, 5) is 13.3. The van der Waals surface area contributed by atoms with E-state index in [0.717, 1.165) is 44.8 Å². The number of carbonyl (C=O) groups is 1. The van der Waals surface area contributed by atoms with Crippen molar-refractivity contribution in [3.05, 3.63) is 23.3 Å². The van der Waals surface area contributed by atoms with Gasteiger partial charge in [-0.25, -0.2) is 18.4 Å². The lowest BCUT2D eigenvalue weighted by Gasteiger charge is -2.27. The molecule has 0 aliphatic carbocycles. The van der Waals surface area contributed by atoms with Gasteiger partial charge in [-0.1, -0.05) is 33.1 Å². The average molecular weight is 428 g/mol. The van der Waals surface area contributed by atoms with Crippen LogP contribution >= 0.6 is 0 Å². The minimum absolute atomic E-state index is 0.0624. The van der Waals surface area contributed by atoms with Crippen LogP contribution in [0.4, 0.5) is 5.69 Å². The van der Waals surface area contributed by atoms with Gasteiger partial charge in [0, 0.05) is 18.8 Å². The Morgan fingerprint density at radius 3 is 2.00 bits per heavy atom.